The van der Waals surface area contributed by atoms with Gasteiger partial charge in [0.1, 0.15) is 11.6 Å². The van der Waals surface area contributed by atoms with Crippen LogP contribution in [0.15, 0.2) is 42.5 Å². The number of hydrogen-bond acceptors (Lipinski definition) is 3. The maximum absolute atomic E-state index is 13.9. The zero-order chi connectivity index (χ0) is 22.7. The monoisotopic (exact) mass is 441 g/mol. The highest BCUT2D eigenvalue weighted by Gasteiger charge is 2.27. The molecule has 0 saturated carbocycles. The zero-order valence-corrected chi connectivity index (χ0v) is 18.3. The van der Waals surface area contributed by atoms with E-state index < -0.39 is 17.5 Å². The fourth-order valence-corrected chi connectivity index (χ4v) is 4.51. The summed E-state index contributed by atoms with van der Waals surface area (Å²) >= 11 is 0. The van der Waals surface area contributed by atoms with E-state index in [2.05, 4.69) is 17.1 Å². The van der Waals surface area contributed by atoms with Crippen molar-refractivity contribution in [1.29, 1.82) is 0 Å². The predicted molar refractivity (Wildman–Crippen MR) is 120 cm³/mol. The Morgan fingerprint density at radius 1 is 0.906 bits per heavy atom. The third-order valence-electron chi connectivity index (χ3n) is 6.55. The number of nitrogens with one attached hydrogen (secondary N) is 1. The van der Waals surface area contributed by atoms with Crippen molar-refractivity contribution in [2.45, 2.75) is 38.6 Å². The van der Waals surface area contributed by atoms with Gasteiger partial charge >= 0.3 is 0 Å². The molecule has 0 aliphatic carbocycles. The van der Waals surface area contributed by atoms with E-state index in [1.165, 1.54) is 6.07 Å². The summed E-state index contributed by atoms with van der Waals surface area (Å²) in [4.78, 5) is 29.7. The molecule has 5 nitrogen and oxygen atoms in total. The molecule has 2 aliphatic heterocycles. The van der Waals surface area contributed by atoms with Crippen molar-refractivity contribution in [1.82, 2.24) is 10.2 Å². The van der Waals surface area contributed by atoms with E-state index >= 15 is 0 Å². The molecule has 2 fully saturated rings. The largest absolute Gasteiger partial charge is 0.371 e. The average molecular weight is 442 g/mol. The lowest BCUT2D eigenvalue weighted by atomic mass is 9.98. The lowest BCUT2D eigenvalue weighted by Gasteiger charge is -2.36. The lowest BCUT2D eigenvalue weighted by molar-refractivity contribution is 0.0697. The van der Waals surface area contributed by atoms with Crippen LogP contribution < -0.4 is 10.2 Å². The molecule has 2 aromatic rings. The first-order valence-electron chi connectivity index (χ1n) is 11.3. The average Bonchev–Trinajstić information content (AvgIpc) is 2.79. The van der Waals surface area contributed by atoms with E-state index in [1.54, 1.807) is 0 Å². The first-order chi connectivity index (χ1) is 15.4. The number of benzene rings is 2. The molecule has 1 N–H and O–H groups in total. The van der Waals surface area contributed by atoms with E-state index in [4.69, 9.17) is 0 Å². The molecule has 2 amide bonds. The Morgan fingerprint density at radius 2 is 1.59 bits per heavy atom. The molecule has 0 radical (unpaired) electrons. The van der Waals surface area contributed by atoms with Gasteiger partial charge in [-0.2, -0.15) is 0 Å². The number of carbonyl (C=O) groups excluding carboxylic acids is 2. The highest BCUT2D eigenvalue weighted by Crippen LogP contribution is 2.27. The molecule has 4 rings (SSSR count). The van der Waals surface area contributed by atoms with E-state index in [0.29, 0.717) is 37.9 Å². The summed E-state index contributed by atoms with van der Waals surface area (Å²) in [5, 5.41) is 2.86. The number of anilines is 1. The van der Waals surface area contributed by atoms with Gasteiger partial charge < -0.3 is 15.1 Å². The van der Waals surface area contributed by atoms with Gasteiger partial charge in [0.15, 0.2) is 0 Å². The fourth-order valence-electron chi connectivity index (χ4n) is 4.51. The van der Waals surface area contributed by atoms with Crippen LogP contribution in [0.4, 0.5) is 14.5 Å². The van der Waals surface area contributed by atoms with E-state index in [1.807, 2.05) is 29.2 Å². The summed E-state index contributed by atoms with van der Waals surface area (Å²) < 4.78 is 27.0. The minimum atomic E-state index is -0.862. The Labute approximate surface area is 187 Å². The topological polar surface area (TPSA) is 52.7 Å². The fraction of sp³-hybridized carbons (Fsp3) is 0.440. The van der Waals surface area contributed by atoms with Crippen LogP contribution >= 0.6 is 0 Å². The van der Waals surface area contributed by atoms with Crippen LogP contribution in [0.25, 0.3) is 0 Å². The molecular weight excluding hydrogens is 412 g/mol. The van der Waals surface area contributed by atoms with Gasteiger partial charge in [-0.1, -0.05) is 19.1 Å². The summed E-state index contributed by atoms with van der Waals surface area (Å²) in [5.41, 5.74) is 1.49. The zero-order valence-electron chi connectivity index (χ0n) is 18.3. The Balaban J connectivity index is 1.38. The third kappa shape index (κ3) is 4.92. The number of para-hydroxylation sites is 1. The van der Waals surface area contributed by atoms with Gasteiger partial charge in [-0.25, -0.2) is 8.78 Å². The second-order valence-corrected chi connectivity index (χ2v) is 8.85. The first kappa shape index (κ1) is 22.2. The van der Waals surface area contributed by atoms with Gasteiger partial charge in [0.05, 0.1) is 11.1 Å². The maximum atomic E-state index is 13.9. The Kier molecular flexibility index (Phi) is 6.72. The van der Waals surface area contributed by atoms with Gasteiger partial charge in [-0.15, -0.1) is 0 Å². The highest BCUT2D eigenvalue weighted by molar-refractivity contribution is 6.00. The minimum absolute atomic E-state index is 0.0784. The molecule has 170 valence electrons. The van der Waals surface area contributed by atoms with E-state index in [0.717, 1.165) is 43.2 Å². The van der Waals surface area contributed by atoms with Gasteiger partial charge in [-0.05, 0) is 55.9 Å². The molecule has 32 heavy (non-hydrogen) atoms. The van der Waals surface area contributed by atoms with Crippen molar-refractivity contribution in [3.8, 4) is 0 Å². The molecule has 2 heterocycles. The van der Waals surface area contributed by atoms with Crippen LogP contribution in [0.5, 0.6) is 0 Å². The molecule has 0 unspecified atom stereocenters. The van der Waals surface area contributed by atoms with Crippen molar-refractivity contribution in [3.63, 3.8) is 0 Å². The summed E-state index contributed by atoms with van der Waals surface area (Å²) in [6.07, 6.45) is 3.43. The number of rotatable bonds is 4. The standard InChI is InChI=1S/C25H29F2N3O2/c1-17-8-12-30(13-9-17)25(32)21-4-2-3-5-23(21)29-14-10-19(11-15-29)28-24(31)20-7-6-18(26)16-22(20)27/h2-7,16-17,19H,8-15H2,1H3,(H,28,31). The summed E-state index contributed by atoms with van der Waals surface area (Å²) in [5.74, 6) is -1.36. The summed E-state index contributed by atoms with van der Waals surface area (Å²) in [6.45, 7) is 5.17. The van der Waals surface area contributed by atoms with E-state index in [-0.39, 0.29) is 17.5 Å². The molecule has 0 aromatic heterocycles. The number of piperidine rings is 2. The van der Waals surface area contributed by atoms with Crippen LogP contribution in [0, 0.1) is 17.6 Å². The quantitative estimate of drug-likeness (QED) is 0.772. The number of likely N-dealkylation sites (tertiary alicyclic amines) is 1. The lowest BCUT2D eigenvalue weighted by Crippen LogP contribution is -2.45. The Hall–Kier alpha value is -2.96. The van der Waals surface area contributed by atoms with Gasteiger partial charge in [0.25, 0.3) is 11.8 Å². The van der Waals surface area contributed by atoms with Crippen LogP contribution in [0.2, 0.25) is 0 Å². The van der Waals surface area contributed by atoms with Gasteiger partial charge in [0.2, 0.25) is 0 Å². The van der Waals surface area contributed by atoms with Crippen molar-refractivity contribution in [3.05, 3.63) is 65.2 Å². The molecule has 2 saturated heterocycles. The predicted octanol–water partition coefficient (Wildman–Crippen LogP) is 4.24. The number of carbonyl (C=O) groups is 2. The second-order valence-electron chi connectivity index (χ2n) is 8.85. The van der Waals surface area contributed by atoms with Crippen molar-refractivity contribution in [2.24, 2.45) is 5.92 Å². The van der Waals surface area contributed by atoms with Crippen LogP contribution in [0.1, 0.15) is 53.3 Å². The Morgan fingerprint density at radius 3 is 2.28 bits per heavy atom. The Bertz CT molecular complexity index is 981. The number of amides is 2. The molecule has 2 aromatic carbocycles. The normalized spacial score (nSPS) is 18.0. The summed E-state index contributed by atoms with van der Waals surface area (Å²) in [7, 11) is 0. The molecule has 0 spiro atoms. The first-order valence-corrected chi connectivity index (χ1v) is 11.3. The van der Waals surface area contributed by atoms with Crippen LogP contribution in [-0.2, 0) is 0 Å². The van der Waals surface area contributed by atoms with Crippen LogP contribution in [-0.4, -0.2) is 48.9 Å². The SMILES string of the molecule is CC1CCN(C(=O)c2ccccc2N2CCC(NC(=O)c3ccc(F)cc3F)CC2)CC1. The number of halogens is 2. The van der Waals surface area contributed by atoms with Crippen molar-refractivity contribution >= 4 is 17.5 Å². The van der Waals surface area contributed by atoms with E-state index in [9.17, 15) is 18.4 Å². The maximum Gasteiger partial charge on any atom is 0.255 e. The third-order valence-corrected chi connectivity index (χ3v) is 6.55. The van der Waals surface area contributed by atoms with Gasteiger partial charge in [0, 0.05) is 44.0 Å². The molecule has 7 heteroatoms. The minimum Gasteiger partial charge on any atom is -0.371 e. The molecule has 0 bridgehead atoms. The molecule has 2 aliphatic rings. The molecular formula is C25H29F2N3O2. The number of nitrogens with zero attached hydrogens (tertiary/aromatic N) is 2. The van der Waals surface area contributed by atoms with Crippen molar-refractivity contribution < 1.29 is 18.4 Å². The van der Waals surface area contributed by atoms with Gasteiger partial charge in [-0.3, -0.25) is 9.59 Å². The van der Waals surface area contributed by atoms with Crippen molar-refractivity contribution in [2.75, 3.05) is 31.1 Å². The molecule has 0 atom stereocenters. The smallest absolute Gasteiger partial charge is 0.255 e. The number of hydrogen-bond donors (Lipinski definition) is 1. The summed E-state index contributed by atoms with van der Waals surface area (Å²) in [6, 6.07) is 10.6. The van der Waals surface area contributed by atoms with Crippen LogP contribution in [0.3, 0.4) is 0 Å². The highest BCUT2D eigenvalue weighted by atomic mass is 19.1. The second kappa shape index (κ2) is 9.67.